The van der Waals surface area contributed by atoms with E-state index < -0.39 is 13.1 Å². The molecule has 1 rings (SSSR count). The van der Waals surface area contributed by atoms with Crippen molar-refractivity contribution in [3.8, 4) is 0 Å². The Balaban J connectivity index is 3.13. The van der Waals surface area contributed by atoms with E-state index in [2.05, 4.69) is 20.9 Å². The first-order valence-electron chi connectivity index (χ1n) is 2.78. The smallest absolute Gasteiger partial charge is 0.423 e. The molecule has 2 N–H and O–H groups in total. The zero-order valence-corrected chi connectivity index (χ0v) is 6.92. The Bertz CT molecular complexity index is 271. The number of hydrogen-bond acceptors (Lipinski definition) is 3. The van der Waals surface area contributed by atoms with Crippen molar-refractivity contribution in [1.82, 2.24) is 4.98 Å². The van der Waals surface area contributed by atoms with Gasteiger partial charge in [-0.1, -0.05) is 0 Å². The maximum Gasteiger partial charge on any atom is 0.489 e. The van der Waals surface area contributed by atoms with Crippen molar-refractivity contribution in [2.24, 2.45) is 0 Å². The lowest BCUT2D eigenvalue weighted by Crippen LogP contribution is -2.31. The van der Waals surface area contributed by atoms with Gasteiger partial charge >= 0.3 is 7.12 Å². The standard InChI is InChI=1S/C5H4BBrFNO2/c7-4-2-9-5(8)1-3(4)6(10)11/h1-2,10-11H. The second-order valence-corrected chi connectivity index (χ2v) is 2.76. The molecule has 1 heterocycles. The zero-order chi connectivity index (χ0) is 8.43. The molecule has 11 heavy (non-hydrogen) atoms. The van der Waals surface area contributed by atoms with Crippen LogP contribution in [0.2, 0.25) is 0 Å². The van der Waals surface area contributed by atoms with Gasteiger partial charge < -0.3 is 10.0 Å². The molecule has 0 unspecified atom stereocenters. The number of aromatic nitrogens is 1. The maximum atomic E-state index is 12.4. The first kappa shape index (κ1) is 8.64. The van der Waals surface area contributed by atoms with Crippen molar-refractivity contribution >= 4 is 28.5 Å². The Kier molecular flexibility index (Phi) is 2.59. The van der Waals surface area contributed by atoms with E-state index in [1.54, 1.807) is 0 Å². The van der Waals surface area contributed by atoms with E-state index in [1.807, 2.05) is 0 Å². The first-order chi connectivity index (χ1) is 5.11. The molecule has 1 aromatic rings. The van der Waals surface area contributed by atoms with Crippen LogP contribution in [0.5, 0.6) is 0 Å². The average molecular weight is 220 g/mol. The van der Waals surface area contributed by atoms with Gasteiger partial charge in [0, 0.05) is 16.1 Å². The van der Waals surface area contributed by atoms with Crippen LogP contribution in [0.4, 0.5) is 4.39 Å². The molecule has 0 spiro atoms. The van der Waals surface area contributed by atoms with Gasteiger partial charge in [-0.2, -0.15) is 4.39 Å². The van der Waals surface area contributed by atoms with Crippen LogP contribution in [0.1, 0.15) is 0 Å². The largest absolute Gasteiger partial charge is 0.489 e. The third-order valence-corrected chi connectivity index (χ3v) is 1.79. The molecule has 1 aromatic heterocycles. The van der Waals surface area contributed by atoms with Crippen LogP contribution < -0.4 is 5.46 Å². The fourth-order valence-corrected chi connectivity index (χ4v) is 1.05. The van der Waals surface area contributed by atoms with E-state index in [0.29, 0.717) is 4.47 Å². The Morgan fingerprint density at radius 2 is 2.18 bits per heavy atom. The van der Waals surface area contributed by atoms with Crippen molar-refractivity contribution in [2.75, 3.05) is 0 Å². The van der Waals surface area contributed by atoms with E-state index in [9.17, 15) is 4.39 Å². The highest BCUT2D eigenvalue weighted by atomic mass is 79.9. The normalized spacial score (nSPS) is 9.82. The van der Waals surface area contributed by atoms with Gasteiger partial charge in [0.2, 0.25) is 5.95 Å². The molecular formula is C5H4BBrFNO2. The van der Waals surface area contributed by atoms with Gasteiger partial charge in [0.15, 0.2) is 0 Å². The SMILES string of the molecule is OB(O)c1cc(F)ncc1Br. The molecule has 0 aliphatic carbocycles. The Morgan fingerprint density at radius 3 is 2.64 bits per heavy atom. The molecule has 0 saturated heterocycles. The molecule has 0 amide bonds. The Labute approximate surface area is 71.2 Å². The highest BCUT2D eigenvalue weighted by molar-refractivity contribution is 9.10. The fraction of sp³-hybridized carbons (Fsp3) is 0. The van der Waals surface area contributed by atoms with Gasteiger partial charge in [-0.05, 0) is 22.0 Å². The molecular weight excluding hydrogens is 216 g/mol. The maximum absolute atomic E-state index is 12.4. The minimum absolute atomic E-state index is 0.0671. The Hall–Kier alpha value is -0.455. The highest BCUT2D eigenvalue weighted by Crippen LogP contribution is 2.04. The highest BCUT2D eigenvalue weighted by Gasteiger charge is 2.15. The van der Waals surface area contributed by atoms with Crippen molar-refractivity contribution in [3.63, 3.8) is 0 Å². The molecule has 6 heteroatoms. The van der Waals surface area contributed by atoms with Crippen LogP contribution in [-0.2, 0) is 0 Å². The van der Waals surface area contributed by atoms with Crippen LogP contribution in [0.3, 0.4) is 0 Å². The molecule has 58 valence electrons. The van der Waals surface area contributed by atoms with E-state index in [4.69, 9.17) is 10.0 Å². The number of rotatable bonds is 1. The molecule has 0 bridgehead atoms. The zero-order valence-electron chi connectivity index (χ0n) is 5.33. The molecule has 0 saturated carbocycles. The number of halogens is 2. The van der Waals surface area contributed by atoms with E-state index in [1.165, 1.54) is 6.20 Å². The lowest BCUT2D eigenvalue weighted by Gasteiger charge is -2.00. The molecule has 0 atom stereocenters. The predicted molar refractivity (Wildman–Crippen MR) is 41.7 cm³/mol. The van der Waals surface area contributed by atoms with Crippen LogP contribution >= 0.6 is 15.9 Å². The van der Waals surface area contributed by atoms with E-state index in [0.717, 1.165) is 6.07 Å². The van der Waals surface area contributed by atoms with Crippen LogP contribution in [0, 0.1) is 5.95 Å². The van der Waals surface area contributed by atoms with Gasteiger partial charge in [0.1, 0.15) is 0 Å². The number of hydrogen-bond donors (Lipinski definition) is 2. The third-order valence-electron chi connectivity index (χ3n) is 1.13. The quantitative estimate of drug-likeness (QED) is 0.502. The first-order valence-corrected chi connectivity index (χ1v) is 3.57. The van der Waals surface area contributed by atoms with Gasteiger partial charge in [-0.3, -0.25) is 0 Å². The lowest BCUT2D eigenvalue weighted by molar-refractivity contribution is 0.425. The van der Waals surface area contributed by atoms with Crippen molar-refractivity contribution in [1.29, 1.82) is 0 Å². The van der Waals surface area contributed by atoms with Gasteiger partial charge in [0.25, 0.3) is 0 Å². The molecule has 3 nitrogen and oxygen atoms in total. The summed E-state index contributed by atoms with van der Waals surface area (Å²) in [5, 5.41) is 17.3. The third kappa shape index (κ3) is 1.98. The van der Waals surface area contributed by atoms with Crippen LogP contribution in [0.15, 0.2) is 16.7 Å². The molecule has 0 aliphatic heterocycles. The topological polar surface area (TPSA) is 53.4 Å². The summed E-state index contributed by atoms with van der Waals surface area (Å²) in [6, 6.07) is 0.953. The summed E-state index contributed by atoms with van der Waals surface area (Å²) in [4.78, 5) is 3.29. The van der Waals surface area contributed by atoms with Gasteiger partial charge in [-0.25, -0.2) is 4.98 Å². The van der Waals surface area contributed by atoms with Crippen molar-refractivity contribution < 1.29 is 14.4 Å². The van der Waals surface area contributed by atoms with Crippen LogP contribution in [-0.4, -0.2) is 22.2 Å². The van der Waals surface area contributed by atoms with E-state index >= 15 is 0 Å². The van der Waals surface area contributed by atoms with Crippen LogP contribution in [0.25, 0.3) is 0 Å². The van der Waals surface area contributed by atoms with Gasteiger partial charge in [-0.15, -0.1) is 0 Å². The summed E-state index contributed by atoms with van der Waals surface area (Å²) in [6.45, 7) is 0. The monoisotopic (exact) mass is 219 g/mol. The summed E-state index contributed by atoms with van der Waals surface area (Å²) in [5.74, 6) is -0.740. The number of pyridine rings is 1. The minimum atomic E-state index is -1.68. The fourth-order valence-electron chi connectivity index (χ4n) is 0.625. The summed E-state index contributed by atoms with van der Waals surface area (Å²) in [6.07, 6.45) is 1.17. The second-order valence-electron chi connectivity index (χ2n) is 1.90. The molecule has 0 aliphatic rings. The second kappa shape index (κ2) is 3.29. The minimum Gasteiger partial charge on any atom is -0.423 e. The summed E-state index contributed by atoms with van der Waals surface area (Å²) in [5.41, 5.74) is 0.0671. The Morgan fingerprint density at radius 1 is 1.55 bits per heavy atom. The average Bonchev–Trinajstić information content (AvgIpc) is 1.94. The summed E-state index contributed by atoms with van der Waals surface area (Å²) < 4.78 is 12.7. The summed E-state index contributed by atoms with van der Waals surface area (Å²) >= 11 is 2.98. The predicted octanol–water partition coefficient (Wildman–Crippen LogP) is -0.337. The van der Waals surface area contributed by atoms with Gasteiger partial charge in [0.05, 0.1) is 0 Å². The molecule has 0 fully saturated rings. The van der Waals surface area contributed by atoms with Crippen molar-refractivity contribution in [3.05, 3.63) is 22.7 Å². The van der Waals surface area contributed by atoms with Crippen molar-refractivity contribution in [2.45, 2.75) is 0 Å². The summed E-state index contributed by atoms with van der Waals surface area (Å²) in [7, 11) is -1.68. The number of nitrogens with zero attached hydrogens (tertiary/aromatic N) is 1. The lowest BCUT2D eigenvalue weighted by atomic mass is 9.81. The molecule has 0 radical (unpaired) electrons. The molecule has 0 aromatic carbocycles. The van der Waals surface area contributed by atoms with E-state index in [-0.39, 0.29) is 5.46 Å².